The molecule has 0 fully saturated rings. The average Bonchev–Trinajstić information content (AvgIpc) is 2.57. The molecule has 1 heterocycles. The average molecular weight is 344 g/mol. The lowest BCUT2D eigenvalue weighted by atomic mass is 9.79. The zero-order chi connectivity index (χ0) is 17.3. The molecule has 124 valence electrons. The molecule has 1 atom stereocenters. The summed E-state index contributed by atoms with van der Waals surface area (Å²) in [5, 5.41) is 9.63. The van der Waals surface area contributed by atoms with Gasteiger partial charge in [0.1, 0.15) is 23.3 Å². The minimum Gasteiger partial charge on any atom is -0.383 e. The molecule has 1 aromatic heterocycles. The summed E-state index contributed by atoms with van der Waals surface area (Å²) in [6, 6.07) is 6.78. The molecule has 2 N–H and O–H groups in total. The van der Waals surface area contributed by atoms with Crippen molar-refractivity contribution in [1.82, 2.24) is 4.98 Å². The van der Waals surface area contributed by atoms with Gasteiger partial charge in [0.05, 0.1) is 5.02 Å². The highest BCUT2D eigenvalue weighted by Crippen LogP contribution is 2.39. The van der Waals surface area contributed by atoms with Gasteiger partial charge in [0, 0.05) is 11.3 Å². The van der Waals surface area contributed by atoms with Crippen LogP contribution in [0.25, 0.3) is 11.1 Å². The number of benzene rings is 1. The van der Waals surface area contributed by atoms with Crippen LogP contribution in [0.5, 0.6) is 0 Å². The first kappa shape index (κ1) is 16.7. The normalized spacial score (nSPS) is 16.5. The Kier molecular flexibility index (Phi) is 4.73. The fourth-order valence-electron chi connectivity index (χ4n) is 3.59. The molecule has 5 heteroatoms. The molecule has 3 rings (SSSR count). The number of fused-ring (bicyclic) bond motifs is 1. The zero-order valence-corrected chi connectivity index (χ0v) is 14.3. The topological polar surface area (TPSA) is 62.7 Å². The van der Waals surface area contributed by atoms with E-state index in [1.54, 1.807) is 6.07 Å². The number of nitrogen functional groups attached to an aromatic ring is 1. The van der Waals surface area contributed by atoms with Crippen LogP contribution in [0.2, 0.25) is 5.02 Å². The highest BCUT2D eigenvalue weighted by Gasteiger charge is 2.26. The Hall–Kier alpha value is -2.12. The molecule has 24 heavy (non-hydrogen) atoms. The van der Waals surface area contributed by atoms with Crippen LogP contribution in [0.4, 0.5) is 10.2 Å². The van der Waals surface area contributed by atoms with Crippen LogP contribution in [0.1, 0.15) is 43.0 Å². The quantitative estimate of drug-likeness (QED) is 0.862. The Bertz CT molecular complexity index is 826. The van der Waals surface area contributed by atoms with Crippen LogP contribution in [0.15, 0.2) is 18.2 Å². The number of nitrogens with zero attached hydrogens (tertiary/aromatic N) is 2. The Morgan fingerprint density at radius 2 is 2.25 bits per heavy atom. The molecular formula is C19H19ClFN3. The predicted octanol–water partition coefficient (Wildman–Crippen LogP) is 4.90. The van der Waals surface area contributed by atoms with Gasteiger partial charge in [-0.2, -0.15) is 5.26 Å². The smallest absolute Gasteiger partial charge is 0.142 e. The van der Waals surface area contributed by atoms with E-state index in [1.165, 1.54) is 12.1 Å². The molecule has 0 aliphatic heterocycles. The van der Waals surface area contributed by atoms with Crippen molar-refractivity contribution in [3.8, 4) is 17.2 Å². The van der Waals surface area contributed by atoms with Crippen molar-refractivity contribution in [3.63, 3.8) is 0 Å². The van der Waals surface area contributed by atoms with E-state index in [-0.39, 0.29) is 10.8 Å². The SMILES string of the molecule is CCCC1CCc2nc(N)c(C#N)c(-c3ccc(Cl)c(F)c3)c2C1. The molecule has 1 aromatic carbocycles. The standard InChI is InChI=1S/C19H19ClFN3/c1-2-3-11-4-7-17-13(8-11)18(14(10-22)19(23)24-17)12-5-6-15(20)16(21)9-12/h5-6,9,11H,2-4,7-8H2,1H3,(H2,23,24). The summed E-state index contributed by atoms with van der Waals surface area (Å²) in [7, 11) is 0. The lowest BCUT2D eigenvalue weighted by molar-refractivity contribution is 0.419. The van der Waals surface area contributed by atoms with Crippen molar-refractivity contribution in [2.45, 2.75) is 39.0 Å². The molecule has 0 radical (unpaired) electrons. The number of pyridine rings is 1. The number of hydrogen-bond donors (Lipinski definition) is 1. The van der Waals surface area contributed by atoms with Crippen LogP contribution in [0.3, 0.4) is 0 Å². The number of hydrogen-bond acceptors (Lipinski definition) is 3. The van der Waals surface area contributed by atoms with Gasteiger partial charge in [-0.15, -0.1) is 0 Å². The lowest BCUT2D eigenvalue weighted by Gasteiger charge is -2.27. The fourth-order valence-corrected chi connectivity index (χ4v) is 3.71. The summed E-state index contributed by atoms with van der Waals surface area (Å²) in [5.41, 5.74) is 9.65. The number of halogens is 2. The molecule has 2 aromatic rings. The molecule has 0 saturated carbocycles. The van der Waals surface area contributed by atoms with E-state index >= 15 is 0 Å². The van der Waals surface area contributed by atoms with Gasteiger partial charge in [-0.25, -0.2) is 9.37 Å². The maximum absolute atomic E-state index is 14.0. The van der Waals surface area contributed by atoms with E-state index in [1.807, 2.05) is 0 Å². The van der Waals surface area contributed by atoms with Gasteiger partial charge in [-0.3, -0.25) is 0 Å². The molecule has 0 spiro atoms. The summed E-state index contributed by atoms with van der Waals surface area (Å²) in [6.07, 6.45) is 5.04. The Morgan fingerprint density at radius 1 is 1.46 bits per heavy atom. The van der Waals surface area contributed by atoms with Gasteiger partial charge in [-0.1, -0.05) is 37.4 Å². The first-order valence-corrected chi connectivity index (χ1v) is 8.59. The summed E-state index contributed by atoms with van der Waals surface area (Å²) in [6.45, 7) is 2.17. The summed E-state index contributed by atoms with van der Waals surface area (Å²) < 4.78 is 14.0. The second kappa shape index (κ2) is 6.78. The van der Waals surface area contributed by atoms with Crippen LogP contribution in [-0.4, -0.2) is 4.98 Å². The second-order valence-electron chi connectivity index (χ2n) is 6.31. The van der Waals surface area contributed by atoms with Crippen LogP contribution >= 0.6 is 11.6 Å². The third-order valence-electron chi connectivity index (χ3n) is 4.71. The maximum atomic E-state index is 14.0. The molecule has 0 saturated heterocycles. The highest BCUT2D eigenvalue weighted by atomic mass is 35.5. The van der Waals surface area contributed by atoms with E-state index in [9.17, 15) is 9.65 Å². The number of rotatable bonds is 3. The molecule has 1 aliphatic rings. The summed E-state index contributed by atoms with van der Waals surface area (Å²) in [5.74, 6) is 0.286. The summed E-state index contributed by atoms with van der Waals surface area (Å²) >= 11 is 5.80. The van der Waals surface area contributed by atoms with Crippen molar-refractivity contribution >= 4 is 17.4 Å². The lowest BCUT2D eigenvalue weighted by Crippen LogP contribution is -2.18. The van der Waals surface area contributed by atoms with Gasteiger partial charge in [0.2, 0.25) is 0 Å². The third-order valence-corrected chi connectivity index (χ3v) is 5.02. The largest absolute Gasteiger partial charge is 0.383 e. The molecule has 1 aliphatic carbocycles. The zero-order valence-electron chi connectivity index (χ0n) is 13.6. The van der Waals surface area contributed by atoms with Crippen molar-refractivity contribution in [3.05, 3.63) is 45.9 Å². The molecule has 1 unspecified atom stereocenters. The molecular weight excluding hydrogens is 325 g/mol. The number of anilines is 1. The number of aromatic nitrogens is 1. The Morgan fingerprint density at radius 3 is 2.92 bits per heavy atom. The molecule has 3 nitrogen and oxygen atoms in total. The van der Waals surface area contributed by atoms with Gasteiger partial charge in [-0.05, 0) is 48.4 Å². The van der Waals surface area contributed by atoms with E-state index in [0.717, 1.165) is 48.9 Å². The summed E-state index contributed by atoms with van der Waals surface area (Å²) in [4.78, 5) is 4.44. The van der Waals surface area contributed by atoms with Crippen molar-refractivity contribution in [2.24, 2.45) is 5.92 Å². The fraction of sp³-hybridized carbons (Fsp3) is 0.368. The van der Waals surface area contributed by atoms with E-state index in [0.29, 0.717) is 17.0 Å². The second-order valence-corrected chi connectivity index (χ2v) is 6.72. The van der Waals surface area contributed by atoms with Crippen molar-refractivity contribution in [2.75, 3.05) is 5.73 Å². The number of aryl methyl sites for hydroxylation is 1. The van der Waals surface area contributed by atoms with Crippen LogP contribution in [0, 0.1) is 23.1 Å². The van der Waals surface area contributed by atoms with Crippen molar-refractivity contribution < 1.29 is 4.39 Å². The van der Waals surface area contributed by atoms with Gasteiger partial charge >= 0.3 is 0 Å². The predicted molar refractivity (Wildman–Crippen MR) is 94.2 cm³/mol. The van der Waals surface area contributed by atoms with E-state index in [4.69, 9.17) is 17.3 Å². The Labute approximate surface area is 146 Å². The number of nitrogens with two attached hydrogens (primary N) is 1. The monoisotopic (exact) mass is 343 g/mol. The first-order chi connectivity index (χ1) is 11.5. The highest BCUT2D eigenvalue weighted by molar-refractivity contribution is 6.30. The van der Waals surface area contributed by atoms with Crippen LogP contribution < -0.4 is 5.73 Å². The third kappa shape index (κ3) is 2.97. The molecule has 0 bridgehead atoms. The van der Waals surface area contributed by atoms with E-state index < -0.39 is 5.82 Å². The maximum Gasteiger partial charge on any atom is 0.142 e. The number of nitriles is 1. The van der Waals surface area contributed by atoms with Gasteiger partial charge in [0.25, 0.3) is 0 Å². The van der Waals surface area contributed by atoms with Gasteiger partial charge < -0.3 is 5.73 Å². The minimum absolute atomic E-state index is 0.0667. The van der Waals surface area contributed by atoms with Crippen LogP contribution in [-0.2, 0) is 12.8 Å². The van der Waals surface area contributed by atoms with E-state index in [2.05, 4.69) is 18.0 Å². The minimum atomic E-state index is -0.497. The molecule has 0 amide bonds. The Balaban J connectivity index is 2.21. The van der Waals surface area contributed by atoms with Gasteiger partial charge in [0.15, 0.2) is 0 Å². The van der Waals surface area contributed by atoms with Crippen molar-refractivity contribution in [1.29, 1.82) is 5.26 Å². The first-order valence-electron chi connectivity index (χ1n) is 8.21.